The first kappa shape index (κ1) is 17.9. The molecule has 0 saturated heterocycles. The van der Waals surface area contributed by atoms with E-state index < -0.39 is 0 Å². The summed E-state index contributed by atoms with van der Waals surface area (Å²) in [6, 6.07) is 17.6. The zero-order chi connectivity index (χ0) is 19.3. The molecule has 0 fully saturated rings. The highest BCUT2D eigenvalue weighted by molar-refractivity contribution is 7.71. The molecule has 0 aliphatic heterocycles. The van der Waals surface area contributed by atoms with Crippen molar-refractivity contribution in [3.63, 3.8) is 0 Å². The number of aromatic nitrogens is 5. The Balaban J connectivity index is 1.48. The van der Waals surface area contributed by atoms with Crippen LogP contribution in [-0.2, 0) is 13.1 Å². The number of rotatable bonds is 6. The number of H-pyrrole nitrogens is 1. The zero-order valence-electron chi connectivity index (χ0n) is 14.9. The minimum absolute atomic E-state index is 0.196. The molecule has 140 valence electrons. The van der Waals surface area contributed by atoms with Crippen LogP contribution in [0.3, 0.4) is 0 Å². The molecule has 7 nitrogen and oxygen atoms in total. The first-order valence-corrected chi connectivity index (χ1v) is 9.16. The topological polar surface area (TPSA) is 80.5 Å². The molecule has 0 radical (unpaired) electrons. The third kappa shape index (κ3) is 3.91. The fraction of sp³-hybridized carbons (Fsp3) is 0.100. The van der Waals surface area contributed by atoms with Gasteiger partial charge in [-0.2, -0.15) is 5.10 Å². The van der Waals surface area contributed by atoms with Gasteiger partial charge in [-0.05, 0) is 35.5 Å². The third-order valence-electron chi connectivity index (χ3n) is 4.28. The van der Waals surface area contributed by atoms with Crippen LogP contribution in [0.1, 0.15) is 21.6 Å². The number of carbonyl (C=O) groups excluding carboxylic acids is 1. The van der Waals surface area contributed by atoms with Gasteiger partial charge in [0.1, 0.15) is 18.3 Å². The molecule has 2 aromatic heterocycles. The number of aromatic amines is 1. The molecule has 4 rings (SSSR count). The molecule has 2 aromatic carbocycles. The summed E-state index contributed by atoms with van der Waals surface area (Å²) >= 11 is 5.34. The van der Waals surface area contributed by atoms with Crippen molar-refractivity contribution in [3.05, 3.63) is 95.0 Å². The quantitative estimate of drug-likeness (QED) is 0.496. The maximum atomic E-state index is 12.7. The summed E-state index contributed by atoms with van der Waals surface area (Å²) in [7, 11) is 0. The van der Waals surface area contributed by atoms with Crippen LogP contribution < -0.4 is 5.32 Å². The highest BCUT2D eigenvalue weighted by atomic mass is 32.1. The fourth-order valence-corrected chi connectivity index (χ4v) is 3.24. The number of amides is 1. The number of benzene rings is 2. The Morgan fingerprint density at radius 1 is 1.11 bits per heavy atom. The molecule has 0 atom stereocenters. The summed E-state index contributed by atoms with van der Waals surface area (Å²) in [5.41, 5.74) is 3.40. The van der Waals surface area contributed by atoms with Crippen LogP contribution in [0.25, 0.3) is 5.69 Å². The van der Waals surface area contributed by atoms with Gasteiger partial charge in [-0.3, -0.25) is 9.36 Å². The van der Waals surface area contributed by atoms with Crippen LogP contribution >= 0.6 is 12.2 Å². The van der Waals surface area contributed by atoms with Crippen molar-refractivity contribution < 1.29 is 4.79 Å². The van der Waals surface area contributed by atoms with E-state index in [1.165, 1.54) is 6.33 Å². The molecule has 8 heteroatoms. The first-order valence-electron chi connectivity index (χ1n) is 8.75. The van der Waals surface area contributed by atoms with Gasteiger partial charge in [0.2, 0.25) is 0 Å². The van der Waals surface area contributed by atoms with Gasteiger partial charge >= 0.3 is 0 Å². The molecule has 0 saturated carbocycles. The Kier molecular flexibility index (Phi) is 5.11. The maximum Gasteiger partial charge on any atom is 0.270 e. The van der Waals surface area contributed by atoms with E-state index in [9.17, 15) is 4.79 Å². The number of para-hydroxylation sites is 1. The van der Waals surface area contributed by atoms with Crippen LogP contribution in [0, 0.1) is 4.77 Å². The summed E-state index contributed by atoms with van der Waals surface area (Å²) in [5.74, 6) is -0.196. The van der Waals surface area contributed by atoms with E-state index in [2.05, 4.69) is 20.4 Å². The number of hydrogen-bond acceptors (Lipinski definition) is 4. The molecule has 0 aliphatic carbocycles. The SMILES string of the molecule is O=C(NCc1cccc(Cn2cncn2)c1)c1c[nH]c(=S)n1-c1ccccc1. The van der Waals surface area contributed by atoms with E-state index in [-0.39, 0.29) is 5.91 Å². The molecule has 0 spiro atoms. The van der Waals surface area contributed by atoms with Crippen LogP contribution in [0.5, 0.6) is 0 Å². The average molecular weight is 390 g/mol. The van der Waals surface area contributed by atoms with Crippen molar-refractivity contribution in [2.24, 2.45) is 0 Å². The van der Waals surface area contributed by atoms with Gasteiger partial charge in [-0.25, -0.2) is 9.67 Å². The van der Waals surface area contributed by atoms with Crippen molar-refractivity contribution in [2.45, 2.75) is 13.1 Å². The van der Waals surface area contributed by atoms with Crippen LogP contribution in [0.15, 0.2) is 73.4 Å². The van der Waals surface area contributed by atoms with E-state index in [0.717, 1.165) is 16.8 Å². The van der Waals surface area contributed by atoms with Crippen molar-refractivity contribution in [1.82, 2.24) is 29.6 Å². The van der Waals surface area contributed by atoms with Crippen LogP contribution in [-0.4, -0.2) is 30.2 Å². The van der Waals surface area contributed by atoms with Crippen molar-refractivity contribution >= 4 is 18.1 Å². The highest BCUT2D eigenvalue weighted by Gasteiger charge is 2.14. The number of nitrogens with one attached hydrogen (secondary N) is 2. The first-order chi connectivity index (χ1) is 13.7. The molecular weight excluding hydrogens is 372 g/mol. The molecule has 4 aromatic rings. The predicted molar refractivity (Wildman–Crippen MR) is 108 cm³/mol. The largest absolute Gasteiger partial charge is 0.347 e. The van der Waals surface area contributed by atoms with Gasteiger partial charge in [0.25, 0.3) is 5.91 Å². The second kappa shape index (κ2) is 8.01. The van der Waals surface area contributed by atoms with E-state index in [4.69, 9.17) is 12.2 Å². The summed E-state index contributed by atoms with van der Waals surface area (Å²) in [4.78, 5) is 19.6. The second-order valence-corrected chi connectivity index (χ2v) is 6.63. The van der Waals surface area contributed by atoms with Gasteiger partial charge in [0.15, 0.2) is 4.77 Å². The Labute approximate surface area is 166 Å². The second-order valence-electron chi connectivity index (χ2n) is 6.25. The Hall–Kier alpha value is -3.52. The number of imidazole rings is 1. The smallest absolute Gasteiger partial charge is 0.270 e. The lowest BCUT2D eigenvalue weighted by Crippen LogP contribution is -2.25. The Morgan fingerprint density at radius 3 is 2.71 bits per heavy atom. The van der Waals surface area contributed by atoms with Gasteiger partial charge in [0, 0.05) is 18.4 Å². The molecule has 2 N–H and O–H groups in total. The fourth-order valence-electron chi connectivity index (χ4n) is 2.98. The Morgan fingerprint density at radius 2 is 1.93 bits per heavy atom. The summed E-state index contributed by atoms with van der Waals surface area (Å²) < 4.78 is 3.96. The van der Waals surface area contributed by atoms with Gasteiger partial charge in [-0.15, -0.1) is 0 Å². The summed E-state index contributed by atoms with van der Waals surface area (Å²) in [6.45, 7) is 1.05. The zero-order valence-corrected chi connectivity index (χ0v) is 15.8. The lowest BCUT2D eigenvalue weighted by Gasteiger charge is -2.10. The minimum atomic E-state index is -0.196. The van der Waals surface area contributed by atoms with Gasteiger partial charge < -0.3 is 10.3 Å². The third-order valence-corrected chi connectivity index (χ3v) is 4.58. The normalized spacial score (nSPS) is 10.7. The van der Waals surface area contributed by atoms with E-state index in [1.807, 2.05) is 54.6 Å². The lowest BCUT2D eigenvalue weighted by atomic mass is 10.1. The molecule has 28 heavy (non-hydrogen) atoms. The van der Waals surface area contributed by atoms with Crippen molar-refractivity contribution in [1.29, 1.82) is 0 Å². The molecule has 1 amide bonds. The van der Waals surface area contributed by atoms with Crippen molar-refractivity contribution in [2.75, 3.05) is 0 Å². The predicted octanol–water partition coefficient (Wildman–Crippen LogP) is 3.10. The van der Waals surface area contributed by atoms with Crippen molar-refractivity contribution in [3.8, 4) is 5.69 Å². The van der Waals surface area contributed by atoms with Gasteiger partial charge in [-0.1, -0.05) is 42.5 Å². The highest BCUT2D eigenvalue weighted by Crippen LogP contribution is 2.13. The average Bonchev–Trinajstić information content (AvgIpc) is 3.37. The molecule has 0 aliphatic rings. The summed E-state index contributed by atoms with van der Waals surface area (Å²) in [6.07, 6.45) is 4.82. The standard InChI is InChI=1S/C20H18N6OS/c27-19(18-11-23-20(28)26(18)17-7-2-1-3-8-17)22-10-15-5-4-6-16(9-15)12-25-14-21-13-24-25/h1-9,11,13-14H,10,12H2,(H,22,27)(H,23,28). The molecule has 0 unspecified atom stereocenters. The molecule has 0 bridgehead atoms. The van der Waals surface area contributed by atoms with Crippen LogP contribution in [0.2, 0.25) is 0 Å². The monoisotopic (exact) mass is 390 g/mol. The Bertz CT molecular complexity index is 1130. The number of carbonyl (C=O) groups is 1. The van der Waals surface area contributed by atoms with E-state index in [1.54, 1.807) is 21.8 Å². The number of hydrogen-bond donors (Lipinski definition) is 2. The lowest BCUT2D eigenvalue weighted by molar-refractivity contribution is 0.0944. The number of nitrogens with zero attached hydrogens (tertiary/aromatic N) is 4. The van der Waals surface area contributed by atoms with E-state index in [0.29, 0.717) is 23.6 Å². The molecule has 2 heterocycles. The maximum absolute atomic E-state index is 12.7. The van der Waals surface area contributed by atoms with Gasteiger partial charge in [0.05, 0.1) is 6.54 Å². The van der Waals surface area contributed by atoms with E-state index >= 15 is 0 Å². The molecular formula is C20H18N6OS. The summed E-state index contributed by atoms with van der Waals surface area (Å²) in [5, 5.41) is 7.08. The minimum Gasteiger partial charge on any atom is -0.347 e. The van der Waals surface area contributed by atoms with Crippen LogP contribution in [0.4, 0.5) is 0 Å².